The molecule has 0 amide bonds. The van der Waals surface area contributed by atoms with Gasteiger partial charge in [0.1, 0.15) is 0 Å². The van der Waals surface area contributed by atoms with Crippen LogP contribution in [0.3, 0.4) is 0 Å². The highest BCUT2D eigenvalue weighted by Gasteiger charge is 2.35. The number of carbonyl (C=O) groups is 1. The number of rotatable bonds is 6. The highest BCUT2D eigenvalue weighted by Crippen LogP contribution is 2.27. The minimum Gasteiger partial charge on any atom is -0.481 e. The Hall–Kier alpha value is -0.830. The molecular formula is C10H16F3NO4S. The van der Waals surface area contributed by atoms with Gasteiger partial charge in [-0.1, -0.05) is 6.42 Å². The van der Waals surface area contributed by atoms with Crippen LogP contribution in [0.4, 0.5) is 13.2 Å². The fourth-order valence-corrected chi connectivity index (χ4v) is 3.53. The average molecular weight is 303 g/mol. The van der Waals surface area contributed by atoms with Crippen molar-refractivity contribution in [2.75, 3.05) is 5.75 Å². The summed E-state index contributed by atoms with van der Waals surface area (Å²) in [7, 11) is -3.87. The highest BCUT2D eigenvalue weighted by molar-refractivity contribution is 7.89. The van der Waals surface area contributed by atoms with E-state index in [4.69, 9.17) is 5.11 Å². The van der Waals surface area contributed by atoms with Crippen LogP contribution in [0.5, 0.6) is 0 Å². The summed E-state index contributed by atoms with van der Waals surface area (Å²) in [4.78, 5) is 10.9. The molecule has 0 heterocycles. The van der Waals surface area contributed by atoms with Crippen molar-refractivity contribution in [2.24, 2.45) is 5.92 Å². The van der Waals surface area contributed by atoms with Crippen molar-refractivity contribution in [3.8, 4) is 0 Å². The number of hydrogen-bond acceptors (Lipinski definition) is 3. The Bertz CT molecular complexity index is 421. The first kappa shape index (κ1) is 16.2. The van der Waals surface area contributed by atoms with E-state index in [1.165, 1.54) is 0 Å². The van der Waals surface area contributed by atoms with E-state index in [1.807, 2.05) is 0 Å². The van der Waals surface area contributed by atoms with E-state index in [2.05, 4.69) is 4.72 Å². The van der Waals surface area contributed by atoms with Crippen molar-refractivity contribution < 1.29 is 31.5 Å². The third-order valence-corrected chi connectivity index (χ3v) is 4.53. The number of carboxylic acid groups (broad SMARTS) is 1. The third kappa shape index (κ3) is 5.77. The van der Waals surface area contributed by atoms with Gasteiger partial charge in [0.2, 0.25) is 10.0 Å². The molecule has 2 atom stereocenters. The Kier molecular flexibility index (Phi) is 5.19. The predicted octanol–water partition coefficient (Wildman–Crippen LogP) is 1.50. The second kappa shape index (κ2) is 6.08. The summed E-state index contributed by atoms with van der Waals surface area (Å²) in [6, 6.07) is -0.714. The standard InChI is InChI=1S/C10H16F3NO4S/c11-10(12,13)5-2-6-19(17,18)14-8-4-1-3-7(8)9(15)16/h7-8,14H,1-6H2,(H,15,16). The van der Waals surface area contributed by atoms with Crippen LogP contribution in [0.2, 0.25) is 0 Å². The molecule has 2 unspecified atom stereocenters. The molecule has 5 nitrogen and oxygen atoms in total. The summed E-state index contributed by atoms with van der Waals surface area (Å²) in [6.45, 7) is 0. The van der Waals surface area contributed by atoms with Crippen LogP contribution in [-0.4, -0.2) is 37.5 Å². The maximum absolute atomic E-state index is 11.9. The summed E-state index contributed by atoms with van der Waals surface area (Å²) in [6.07, 6.45) is -4.70. The molecule has 0 saturated heterocycles. The van der Waals surface area contributed by atoms with Crippen LogP contribution in [0.1, 0.15) is 32.1 Å². The number of halogens is 3. The lowest BCUT2D eigenvalue weighted by atomic mass is 10.1. The maximum Gasteiger partial charge on any atom is 0.389 e. The number of nitrogens with one attached hydrogen (secondary N) is 1. The second-order valence-electron chi connectivity index (χ2n) is 4.64. The van der Waals surface area contributed by atoms with Crippen molar-refractivity contribution in [1.82, 2.24) is 4.72 Å². The van der Waals surface area contributed by atoms with Gasteiger partial charge in [0.25, 0.3) is 0 Å². The Labute approximate surface area is 109 Å². The van der Waals surface area contributed by atoms with Gasteiger partial charge >= 0.3 is 12.1 Å². The Balaban J connectivity index is 2.48. The molecule has 0 aromatic rings. The molecule has 1 fully saturated rings. The molecule has 2 N–H and O–H groups in total. The Morgan fingerprint density at radius 3 is 2.47 bits per heavy atom. The summed E-state index contributed by atoms with van der Waals surface area (Å²) < 4.78 is 61.1. The molecule has 1 aliphatic rings. The molecular weight excluding hydrogens is 287 g/mol. The van der Waals surface area contributed by atoms with Crippen LogP contribution in [0, 0.1) is 5.92 Å². The lowest BCUT2D eigenvalue weighted by Crippen LogP contribution is -2.41. The fourth-order valence-electron chi connectivity index (χ4n) is 2.15. The molecule has 0 aliphatic heterocycles. The highest BCUT2D eigenvalue weighted by atomic mass is 32.2. The summed E-state index contributed by atoms with van der Waals surface area (Å²) >= 11 is 0. The molecule has 19 heavy (non-hydrogen) atoms. The van der Waals surface area contributed by atoms with Crippen LogP contribution in [0.15, 0.2) is 0 Å². The van der Waals surface area contributed by atoms with Gasteiger partial charge < -0.3 is 5.11 Å². The second-order valence-corrected chi connectivity index (χ2v) is 6.51. The van der Waals surface area contributed by atoms with E-state index in [0.717, 1.165) is 0 Å². The SMILES string of the molecule is O=C(O)C1CCCC1NS(=O)(=O)CCCC(F)(F)F. The van der Waals surface area contributed by atoms with Crippen molar-refractivity contribution in [3.05, 3.63) is 0 Å². The van der Waals surface area contributed by atoms with E-state index < -0.39 is 52.7 Å². The van der Waals surface area contributed by atoms with Gasteiger partial charge in [0, 0.05) is 12.5 Å². The number of carboxylic acids is 1. The first-order chi connectivity index (χ1) is 8.61. The Morgan fingerprint density at radius 1 is 1.32 bits per heavy atom. The zero-order valence-electron chi connectivity index (χ0n) is 10.1. The minimum atomic E-state index is -4.38. The summed E-state index contributed by atoms with van der Waals surface area (Å²) in [5.41, 5.74) is 0. The molecule has 1 rings (SSSR count). The normalized spacial score (nSPS) is 24.6. The zero-order chi connectivity index (χ0) is 14.7. The van der Waals surface area contributed by atoms with Gasteiger partial charge in [-0.25, -0.2) is 13.1 Å². The van der Waals surface area contributed by atoms with Crippen molar-refractivity contribution in [3.63, 3.8) is 0 Å². The fraction of sp³-hybridized carbons (Fsp3) is 0.900. The van der Waals surface area contributed by atoms with Gasteiger partial charge in [-0.05, 0) is 19.3 Å². The first-order valence-electron chi connectivity index (χ1n) is 5.90. The minimum absolute atomic E-state index is 0.380. The number of hydrogen-bond donors (Lipinski definition) is 2. The molecule has 0 aromatic carbocycles. The van der Waals surface area contributed by atoms with Crippen molar-refractivity contribution >= 4 is 16.0 Å². The van der Waals surface area contributed by atoms with Crippen molar-refractivity contribution in [1.29, 1.82) is 0 Å². The van der Waals surface area contributed by atoms with E-state index >= 15 is 0 Å². The van der Waals surface area contributed by atoms with Crippen molar-refractivity contribution in [2.45, 2.75) is 44.3 Å². The van der Waals surface area contributed by atoms with Gasteiger partial charge in [-0.2, -0.15) is 13.2 Å². The molecule has 112 valence electrons. The molecule has 9 heteroatoms. The topological polar surface area (TPSA) is 83.5 Å². The number of aliphatic carboxylic acids is 1. The maximum atomic E-state index is 11.9. The number of alkyl halides is 3. The first-order valence-corrected chi connectivity index (χ1v) is 7.55. The van der Waals surface area contributed by atoms with E-state index in [0.29, 0.717) is 19.3 Å². The monoisotopic (exact) mass is 303 g/mol. The molecule has 0 radical (unpaired) electrons. The quantitative estimate of drug-likeness (QED) is 0.779. The van der Waals surface area contributed by atoms with Crippen LogP contribution >= 0.6 is 0 Å². The average Bonchev–Trinajstić information content (AvgIpc) is 2.62. The van der Waals surface area contributed by atoms with Gasteiger partial charge in [-0.3, -0.25) is 4.79 Å². The van der Waals surface area contributed by atoms with Gasteiger partial charge in [0.05, 0.1) is 11.7 Å². The summed E-state index contributed by atoms with van der Waals surface area (Å²) in [5, 5.41) is 8.88. The van der Waals surface area contributed by atoms with Gasteiger partial charge in [0.15, 0.2) is 0 Å². The summed E-state index contributed by atoms with van der Waals surface area (Å²) in [5.74, 6) is -2.52. The van der Waals surface area contributed by atoms with Crippen LogP contribution in [0.25, 0.3) is 0 Å². The molecule has 1 aliphatic carbocycles. The molecule has 1 saturated carbocycles. The van der Waals surface area contributed by atoms with E-state index in [-0.39, 0.29) is 0 Å². The van der Waals surface area contributed by atoms with Crippen LogP contribution < -0.4 is 4.72 Å². The van der Waals surface area contributed by atoms with E-state index in [1.54, 1.807) is 0 Å². The molecule has 0 aromatic heterocycles. The van der Waals surface area contributed by atoms with Crippen LogP contribution in [-0.2, 0) is 14.8 Å². The molecule has 0 bridgehead atoms. The lowest BCUT2D eigenvalue weighted by molar-refractivity contribution is -0.142. The zero-order valence-corrected chi connectivity index (χ0v) is 10.9. The lowest BCUT2D eigenvalue weighted by Gasteiger charge is -2.17. The molecule has 0 spiro atoms. The largest absolute Gasteiger partial charge is 0.481 e. The van der Waals surface area contributed by atoms with Gasteiger partial charge in [-0.15, -0.1) is 0 Å². The smallest absolute Gasteiger partial charge is 0.389 e. The Morgan fingerprint density at radius 2 is 1.95 bits per heavy atom. The third-order valence-electron chi connectivity index (χ3n) is 3.04. The van der Waals surface area contributed by atoms with E-state index in [9.17, 15) is 26.4 Å². The predicted molar refractivity (Wildman–Crippen MR) is 61.0 cm³/mol. The number of sulfonamides is 1.